The molecule has 0 aliphatic heterocycles. The quantitative estimate of drug-likeness (QED) is 0.400. The fourth-order valence-corrected chi connectivity index (χ4v) is 0.837. The molecule has 0 unspecified atom stereocenters. The third kappa shape index (κ3) is 7.41. The molecule has 0 bridgehead atoms. The summed E-state index contributed by atoms with van der Waals surface area (Å²) in [6.07, 6.45) is 8.13. The molecule has 78 valence electrons. The Morgan fingerprint density at radius 3 is 2.87 bits per heavy atom. The van der Waals surface area contributed by atoms with E-state index < -0.39 is 0 Å². The van der Waals surface area contributed by atoms with Crippen molar-refractivity contribution in [2.75, 3.05) is 13.6 Å². The predicted molar refractivity (Wildman–Crippen MR) is 65.6 cm³/mol. The van der Waals surface area contributed by atoms with Gasteiger partial charge in [-0.25, -0.2) is 0 Å². The summed E-state index contributed by atoms with van der Waals surface area (Å²) in [5.41, 5.74) is 0.511. The van der Waals surface area contributed by atoms with Crippen molar-refractivity contribution < 1.29 is 0 Å². The number of halogens is 1. The summed E-state index contributed by atoms with van der Waals surface area (Å²) in [6.45, 7) is 3.95. The summed E-state index contributed by atoms with van der Waals surface area (Å²) >= 11 is 5.66. The molecular weight excluding hydrogens is 210 g/mol. The van der Waals surface area contributed by atoms with Crippen molar-refractivity contribution in [2.45, 2.75) is 0 Å². The molecular formula is C11H12ClN3. The second-order valence-corrected chi connectivity index (χ2v) is 2.80. The lowest BCUT2D eigenvalue weighted by atomic mass is 10.2. The highest BCUT2D eigenvalue weighted by atomic mass is 35.5. The molecule has 0 atom stereocenters. The van der Waals surface area contributed by atoms with Gasteiger partial charge in [-0.2, -0.15) is 5.26 Å². The standard InChI is InChI=1S/C11H12ClN3/c1-3-10(8-13)6-4-5-7-15-11(12)9-14-2/h3-6,9H,1,7H2,2H3/b5-4-,10-6+,14-9?,15-11?. The number of rotatable bonds is 5. The highest BCUT2D eigenvalue weighted by Gasteiger charge is 1.84. The topological polar surface area (TPSA) is 48.5 Å². The minimum atomic E-state index is 0.357. The highest BCUT2D eigenvalue weighted by molar-refractivity contribution is 6.79. The van der Waals surface area contributed by atoms with E-state index in [1.807, 2.05) is 6.07 Å². The van der Waals surface area contributed by atoms with Crippen molar-refractivity contribution in [3.8, 4) is 6.07 Å². The Hall–Kier alpha value is -1.66. The van der Waals surface area contributed by atoms with Crippen LogP contribution in [-0.4, -0.2) is 25.0 Å². The lowest BCUT2D eigenvalue weighted by molar-refractivity contribution is 1.26. The SMILES string of the molecule is C=C/C(C#N)=C\C=C/CN=C(Cl)C=NC. The third-order valence-corrected chi connectivity index (χ3v) is 1.56. The first-order valence-corrected chi connectivity index (χ1v) is 4.63. The van der Waals surface area contributed by atoms with Gasteiger partial charge in [-0.1, -0.05) is 36.4 Å². The second kappa shape index (κ2) is 8.92. The Morgan fingerprint density at radius 2 is 2.33 bits per heavy atom. The van der Waals surface area contributed by atoms with Gasteiger partial charge in [0.1, 0.15) is 5.17 Å². The molecule has 0 aromatic rings. The average molecular weight is 222 g/mol. The Morgan fingerprint density at radius 1 is 1.60 bits per heavy atom. The fraction of sp³-hybridized carbons (Fsp3) is 0.182. The number of aliphatic imine (C=N–C) groups is 2. The smallest absolute Gasteiger partial charge is 0.141 e. The number of nitriles is 1. The van der Waals surface area contributed by atoms with Crippen molar-refractivity contribution in [2.24, 2.45) is 9.98 Å². The van der Waals surface area contributed by atoms with E-state index in [1.165, 1.54) is 12.3 Å². The lowest BCUT2D eigenvalue weighted by Gasteiger charge is -1.86. The minimum absolute atomic E-state index is 0.357. The van der Waals surface area contributed by atoms with E-state index in [1.54, 1.807) is 25.3 Å². The van der Waals surface area contributed by atoms with Crippen LogP contribution < -0.4 is 0 Å². The molecule has 0 rings (SSSR count). The second-order valence-electron chi connectivity index (χ2n) is 2.42. The number of nitrogens with zero attached hydrogens (tertiary/aromatic N) is 3. The minimum Gasteiger partial charge on any atom is -0.293 e. The first-order valence-electron chi connectivity index (χ1n) is 4.26. The Labute approximate surface area is 94.8 Å². The summed E-state index contributed by atoms with van der Waals surface area (Å²) in [4.78, 5) is 7.68. The van der Waals surface area contributed by atoms with E-state index in [4.69, 9.17) is 16.9 Å². The van der Waals surface area contributed by atoms with Gasteiger partial charge in [0.2, 0.25) is 0 Å². The van der Waals surface area contributed by atoms with Crippen LogP contribution in [-0.2, 0) is 0 Å². The molecule has 15 heavy (non-hydrogen) atoms. The van der Waals surface area contributed by atoms with Gasteiger partial charge in [0.15, 0.2) is 0 Å². The molecule has 0 amide bonds. The van der Waals surface area contributed by atoms with Crippen molar-refractivity contribution >= 4 is 23.0 Å². The molecule has 0 fully saturated rings. The maximum Gasteiger partial charge on any atom is 0.141 e. The molecule has 0 N–H and O–H groups in total. The normalized spacial score (nSPS) is 13.4. The van der Waals surface area contributed by atoms with Gasteiger partial charge in [-0.3, -0.25) is 9.98 Å². The summed E-state index contributed by atoms with van der Waals surface area (Å²) in [5.74, 6) is 0. The van der Waals surface area contributed by atoms with Gasteiger partial charge < -0.3 is 0 Å². The van der Waals surface area contributed by atoms with E-state index >= 15 is 0 Å². The zero-order valence-corrected chi connectivity index (χ0v) is 9.28. The molecule has 4 heteroatoms. The first kappa shape index (κ1) is 13.3. The van der Waals surface area contributed by atoms with Crippen LogP contribution in [0, 0.1) is 11.3 Å². The molecule has 0 aliphatic rings. The molecule has 0 aromatic heterocycles. The van der Waals surface area contributed by atoms with E-state index in [0.717, 1.165) is 0 Å². The van der Waals surface area contributed by atoms with Crippen molar-refractivity contribution in [3.05, 3.63) is 36.5 Å². The number of allylic oxidation sites excluding steroid dienone is 4. The average Bonchev–Trinajstić information content (AvgIpc) is 2.24. The number of hydrogen-bond donors (Lipinski definition) is 0. The monoisotopic (exact) mass is 221 g/mol. The van der Waals surface area contributed by atoms with Gasteiger partial charge in [-0.15, -0.1) is 0 Å². The maximum absolute atomic E-state index is 8.55. The van der Waals surface area contributed by atoms with Gasteiger partial charge in [0, 0.05) is 7.05 Å². The van der Waals surface area contributed by atoms with Crippen LogP contribution in [0.25, 0.3) is 0 Å². The van der Waals surface area contributed by atoms with Gasteiger partial charge in [0.05, 0.1) is 24.4 Å². The summed E-state index contributed by atoms with van der Waals surface area (Å²) in [7, 11) is 1.62. The molecule has 0 saturated carbocycles. The van der Waals surface area contributed by atoms with Crippen LogP contribution in [0.3, 0.4) is 0 Å². The summed E-state index contributed by atoms with van der Waals surface area (Å²) in [5, 5.41) is 8.91. The Balaban J connectivity index is 4.13. The van der Waals surface area contributed by atoms with Crippen LogP contribution in [0.5, 0.6) is 0 Å². The summed E-state index contributed by atoms with van der Waals surface area (Å²) in [6, 6.07) is 1.98. The van der Waals surface area contributed by atoms with E-state index in [9.17, 15) is 0 Å². The van der Waals surface area contributed by atoms with E-state index in [-0.39, 0.29) is 0 Å². The lowest BCUT2D eigenvalue weighted by Crippen LogP contribution is -1.89. The fourth-order valence-electron chi connectivity index (χ4n) is 0.671. The molecule has 3 nitrogen and oxygen atoms in total. The number of hydrogen-bond acceptors (Lipinski definition) is 3. The van der Waals surface area contributed by atoms with Crippen molar-refractivity contribution in [3.63, 3.8) is 0 Å². The molecule has 0 radical (unpaired) electrons. The molecule has 0 aromatic carbocycles. The Bertz CT molecular complexity index is 357. The molecule has 0 saturated heterocycles. The van der Waals surface area contributed by atoms with Crippen LogP contribution >= 0.6 is 11.6 Å². The highest BCUT2D eigenvalue weighted by Crippen LogP contribution is 1.93. The largest absolute Gasteiger partial charge is 0.293 e. The van der Waals surface area contributed by atoms with Gasteiger partial charge >= 0.3 is 0 Å². The first-order chi connectivity index (χ1) is 7.24. The summed E-state index contributed by atoms with van der Waals surface area (Å²) < 4.78 is 0. The van der Waals surface area contributed by atoms with Crippen molar-refractivity contribution in [1.82, 2.24) is 0 Å². The zero-order chi connectivity index (χ0) is 11.5. The van der Waals surface area contributed by atoms with Crippen molar-refractivity contribution in [1.29, 1.82) is 5.26 Å². The zero-order valence-electron chi connectivity index (χ0n) is 8.52. The third-order valence-electron chi connectivity index (χ3n) is 1.34. The van der Waals surface area contributed by atoms with Crippen LogP contribution in [0.1, 0.15) is 0 Å². The van der Waals surface area contributed by atoms with E-state index in [0.29, 0.717) is 17.3 Å². The van der Waals surface area contributed by atoms with Gasteiger partial charge in [0.25, 0.3) is 0 Å². The molecule has 0 spiro atoms. The van der Waals surface area contributed by atoms with Gasteiger partial charge in [-0.05, 0) is 6.08 Å². The Kier molecular flexibility index (Phi) is 7.93. The van der Waals surface area contributed by atoms with E-state index in [2.05, 4.69) is 16.6 Å². The predicted octanol–water partition coefficient (Wildman–Crippen LogP) is 2.52. The maximum atomic E-state index is 8.55. The molecule has 0 aliphatic carbocycles. The van der Waals surface area contributed by atoms with Crippen LogP contribution in [0.2, 0.25) is 0 Å². The van der Waals surface area contributed by atoms with Crippen LogP contribution in [0.15, 0.2) is 46.4 Å². The van der Waals surface area contributed by atoms with Crippen LogP contribution in [0.4, 0.5) is 0 Å². The molecule has 0 heterocycles.